The number of rotatable bonds is 2. The van der Waals surface area contributed by atoms with E-state index in [4.69, 9.17) is 0 Å². The largest absolute Gasteiger partial charge is 0.549 e. The molecule has 0 amide bonds. The number of pyridine rings is 1. The molecule has 1 aromatic heterocycles. The fourth-order valence-corrected chi connectivity index (χ4v) is 0.753. The van der Waals surface area contributed by atoms with Crippen molar-refractivity contribution in [1.29, 1.82) is 0 Å². The van der Waals surface area contributed by atoms with Gasteiger partial charge in [0.2, 0.25) is 0 Å². The molecule has 0 aliphatic rings. The molecule has 1 aromatic rings. The molecule has 0 N–H and O–H groups in total. The second-order valence-electron chi connectivity index (χ2n) is 2.30. The first-order chi connectivity index (χ1) is 5.22. The summed E-state index contributed by atoms with van der Waals surface area (Å²) in [7, 11) is 0. The molecule has 1 atom stereocenters. The van der Waals surface area contributed by atoms with E-state index in [1.165, 1.54) is 0 Å². The van der Waals surface area contributed by atoms with Gasteiger partial charge in [0.25, 0.3) is 0 Å². The minimum absolute atomic E-state index is 0.535. The third-order valence-corrected chi connectivity index (χ3v) is 1.48. The van der Waals surface area contributed by atoms with Crippen LogP contribution in [0.4, 0.5) is 0 Å². The van der Waals surface area contributed by atoms with Crippen molar-refractivity contribution in [3.8, 4) is 0 Å². The Morgan fingerprint density at radius 1 is 1.64 bits per heavy atom. The summed E-state index contributed by atoms with van der Waals surface area (Å²) < 4.78 is 0. The maximum Gasteiger partial charge on any atom is 0.0502 e. The molecule has 58 valence electrons. The number of carbonyl (C=O) groups is 1. The Hall–Kier alpha value is -1.38. The minimum Gasteiger partial charge on any atom is -0.549 e. The van der Waals surface area contributed by atoms with Gasteiger partial charge < -0.3 is 9.90 Å². The van der Waals surface area contributed by atoms with E-state index in [1.54, 1.807) is 31.3 Å². The van der Waals surface area contributed by atoms with Crippen molar-refractivity contribution < 1.29 is 9.90 Å². The molecule has 11 heavy (non-hydrogen) atoms. The molecule has 1 heterocycles. The lowest BCUT2D eigenvalue weighted by atomic mass is 10.1. The normalized spacial score (nSPS) is 12.5. The van der Waals surface area contributed by atoms with E-state index < -0.39 is 11.9 Å². The van der Waals surface area contributed by atoms with Gasteiger partial charge >= 0.3 is 0 Å². The number of carboxylic acids is 1. The zero-order valence-corrected chi connectivity index (χ0v) is 6.15. The van der Waals surface area contributed by atoms with Crippen LogP contribution < -0.4 is 5.11 Å². The molecule has 3 heteroatoms. The first kappa shape index (κ1) is 7.72. The molecular weight excluding hydrogens is 142 g/mol. The lowest BCUT2D eigenvalue weighted by Crippen LogP contribution is -2.28. The summed E-state index contributed by atoms with van der Waals surface area (Å²) in [5.41, 5.74) is 0.535. The van der Waals surface area contributed by atoms with E-state index in [9.17, 15) is 9.90 Å². The maximum absolute atomic E-state index is 10.3. The first-order valence-corrected chi connectivity index (χ1v) is 3.33. The lowest BCUT2D eigenvalue weighted by molar-refractivity contribution is -0.307. The Bertz CT molecular complexity index is 246. The van der Waals surface area contributed by atoms with Crippen LogP contribution in [0.15, 0.2) is 24.4 Å². The third kappa shape index (κ3) is 1.77. The number of hydrogen-bond donors (Lipinski definition) is 0. The molecule has 0 saturated carbocycles. The molecule has 0 radical (unpaired) electrons. The monoisotopic (exact) mass is 150 g/mol. The van der Waals surface area contributed by atoms with Gasteiger partial charge in [0.1, 0.15) is 0 Å². The van der Waals surface area contributed by atoms with Gasteiger partial charge in [-0.05, 0) is 12.1 Å². The van der Waals surface area contributed by atoms with E-state index in [-0.39, 0.29) is 0 Å². The van der Waals surface area contributed by atoms with Crippen LogP contribution in [0.25, 0.3) is 0 Å². The lowest BCUT2D eigenvalue weighted by Gasteiger charge is -2.10. The third-order valence-electron chi connectivity index (χ3n) is 1.48. The number of aliphatic carboxylic acids is 1. The van der Waals surface area contributed by atoms with Gasteiger partial charge in [-0.2, -0.15) is 0 Å². The second-order valence-corrected chi connectivity index (χ2v) is 2.30. The SMILES string of the molecule is CC(C(=O)[O-])c1ccccn1. The smallest absolute Gasteiger partial charge is 0.0502 e. The van der Waals surface area contributed by atoms with Crippen LogP contribution in [0.1, 0.15) is 18.5 Å². The average molecular weight is 150 g/mol. The first-order valence-electron chi connectivity index (χ1n) is 3.33. The number of nitrogens with zero attached hydrogens (tertiary/aromatic N) is 1. The van der Waals surface area contributed by atoms with Crippen molar-refractivity contribution in [2.24, 2.45) is 0 Å². The number of carbonyl (C=O) groups excluding carboxylic acids is 1. The average Bonchev–Trinajstić information content (AvgIpc) is 2.05. The van der Waals surface area contributed by atoms with E-state index in [2.05, 4.69) is 4.98 Å². The molecule has 0 spiro atoms. The van der Waals surface area contributed by atoms with Crippen molar-refractivity contribution in [2.75, 3.05) is 0 Å². The van der Waals surface area contributed by atoms with Gasteiger partial charge in [-0.1, -0.05) is 13.0 Å². The summed E-state index contributed by atoms with van der Waals surface area (Å²) in [6.07, 6.45) is 1.56. The standard InChI is InChI=1S/C8H9NO2/c1-6(8(10)11)7-4-2-3-5-9-7/h2-6H,1H3,(H,10,11)/p-1. The molecule has 1 rings (SSSR count). The minimum atomic E-state index is -1.09. The molecular formula is C8H8NO2-. The molecule has 0 fully saturated rings. The van der Waals surface area contributed by atoms with Crippen molar-refractivity contribution >= 4 is 5.97 Å². The van der Waals surface area contributed by atoms with E-state index in [0.29, 0.717) is 5.69 Å². The van der Waals surface area contributed by atoms with E-state index >= 15 is 0 Å². The zero-order chi connectivity index (χ0) is 8.27. The summed E-state index contributed by atoms with van der Waals surface area (Å²) in [5.74, 6) is -1.72. The van der Waals surface area contributed by atoms with Gasteiger partial charge in [-0.15, -0.1) is 0 Å². The van der Waals surface area contributed by atoms with Gasteiger partial charge in [0, 0.05) is 17.8 Å². The topological polar surface area (TPSA) is 53.0 Å². The van der Waals surface area contributed by atoms with Crippen LogP contribution in [-0.2, 0) is 4.79 Å². The van der Waals surface area contributed by atoms with Crippen LogP contribution in [0, 0.1) is 0 Å². The van der Waals surface area contributed by atoms with Crippen LogP contribution in [0.3, 0.4) is 0 Å². The van der Waals surface area contributed by atoms with Gasteiger partial charge in [0.05, 0.1) is 5.97 Å². The Labute approximate surface area is 64.7 Å². The Morgan fingerprint density at radius 3 is 2.82 bits per heavy atom. The highest BCUT2D eigenvalue weighted by molar-refractivity contribution is 5.72. The summed E-state index contributed by atoms with van der Waals surface area (Å²) in [5, 5.41) is 10.3. The van der Waals surface area contributed by atoms with E-state index in [1.807, 2.05) is 0 Å². The molecule has 0 bridgehead atoms. The van der Waals surface area contributed by atoms with Crippen LogP contribution in [0.5, 0.6) is 0 Å². The van der Waals surface area contributed by atoms with Crippen LogP contribution >= 0.6 is 0 Å². The number of hydrogen-bond acceptors (Lipinski definition) is 3. The highest BCUT2D eigenvalue weighted by atomic mass is 16.4. The molecule has 3 nitrogen and oxygen atoms in total. The highest BCUT2D eigenvalue weighted by Gasteiger charge is 2.05. The predicted molar refractivity (Wildman–Crippen MR) is 37.7 cm³/mol. The zero-order valence-electron chi connectivity index (χ0n) is 6.15. The Balaban J connectivity index is 2.85. The summed E-state index contributed by atoms with van der Waals surface area (Å²) in [4.78, 5) is 14.2. The van der Waals surface area contributed by atoms with E-state index in [0.717, 1.165) is 0 Å². The van der Waals surface area contributed by atoms with Gasteiger partial charge in [0.15, 0.2) is 0 Å². The van der Waals surface area contributed by atoms with Crippen molar-refractivity contribution in [3.63, 3.8) is 0 Å². The fourth-order valence-electron chi connectivity index (χ4n) is 0.753. The van der Waals surface area contributed by atoms with Gasteiger partial charge in [-0.3, -0.25) is 4.98 Å². The van der Waals surface area contributed by atoms with Crippen molar-refractivity contribution in [2.45, 2.75) is 12.8 Å². The molecule has 0 saturated heterocycles. The van der Waals surface area contributed by atoms with Crippen LogP contribution in [0.2, 0.25) is 0 Å². The maximum atomic E-state index is 10.3. The van der Waals surface area contributed by atoms with Crippen molar-refractivity contribution in [1.82, 2.24) is 4.98 Å². The van der Waals surface area contributed by atoms with Crippen molar-refractivity contribution in [3.05, 3.63) is 30.1 Å². The van der Waals surface area contributed by atoms with Gasteiger partial charge in [-0.25, -0.2) is 0 Å². The summed E-state index contributed by atoms with van der Waals surface area (Å²) in [6, 6.07) is 5.16. The Morgan fingerprint density at radius 2 is 2.36 bits per heavy atom. The second kappa shape index (κ2) is 3.14. The summed E-state index contributed by atoms with van der Waals surface area (Å²) >= 11 is 0. The predicted octanol–water partition coefficient (Wildman–Crippen LogP) is -0.0650. The molecule has 0 aliphatic heterocycles. The molecule has 0 aliphatic carbocycles. The highest BCUT2D eigenvalue weighted by Crippen LogP contribution is 2.09. The molecule has 1 unspecified atom stereocenters. The quantitative estimate of drug-likeness (QED) is 0.593. The number of carboxylic acid groups (broad SMARTS) is 1. The summed E-state index contributed by atoms with van der Waals surface area (Å²) in [6.45, 7) is 1.55. The fraction of sp³-hybridized carbons (Fsp3) is 0.250. The number of aromatic nitrogens is 1. The molecule has 0 aromatic carbocycles. The van der Waals surface area contributed by atoms with Crippen LogP contribution in [-0.4, -0.2) is 11.0 Å². The Kier molecular flexibility index (Phi) is 2.21.